The molecule has 2 N–H and O–H groups in total. The highest BCUT2D eigenvalue weighted by molar-refractivity contribution is 7.89. The monoisotopic (exact) mass is 388 g/mol. The maximum absolute atomic E-state index is 12.4. The van der Waals surface area contributed by atoms with Gasteiger partial charge in [-0.25, -0.2) is 26.3 Å². The van der Waals surface area contributed by atoms with Gasteiger partial charge in [0.05, 0.1) is 9.79 Å². The van der Waals surface area contributed by atoms with Gasteiger partial charge in [0, 0.05) is 11.6 Å². The SMILES string of the molecule is CNS(=O)(=O)c1cccc(CNS(=O)(=O)c2cccc(Cl)c2C)c1. The maximum Gasteiger partial charge on any atom is 0.241 e. The second-order valence-electron chi connectivity index (χ2n) is 5.04. The zero-order chi connectivity index (χ0) is 18.0. The third kappa shape index (κ3) is 4.14. The van der Waals surface area contributed by atoms with Gasteiger partial charge >= 0.3 is 0 Å². The minimum atomic E-state index is -3.77. The summed E-state index contributed by atoms with van der Waals surface area (Å²) in [7, 11) is -6.04. The Kier molecular flexibility index (Phi) is 5.67. The molecule has 0 heterocycles. The molecule has 0 bridgehead atoms. The highest BCUT2D eigenvalue weighted by Crippen LogP contribution is 2.22. The van der Waals surface area contributed by atoms with Crippen LogP contribution in [0.15, 0.2) is 52.3 Å². The van der Waals surface area contributed by atoms with Crippen LogP contribution in [0.2, 0.25) is 5.02 Å². The van der Waals surface area contributed by atoms with E-state index in [0.717, 1.165) is 0 Å². The van der Waals surface area contributed by atoms with Gasteiger partial charge < -0.3 is 0 Å². The first kappa shape index (κ1) is 18.9. The topological polar surface area (TPSA) is 92.3 Å². The Hall–Kier alpha value is -1.45. The van der Waals surface area contributed by atoms with E-state index in [-0.39, 0.29) is 16.3 Å². The second-order valence-corrected chi connectivity index (χ2v) is 9.07. The molecule has 0 spiro atoms. The minimum Gasteiger partial charge on any atom is -0.214 e. The summed E-state index contributed by atoms with van der Waals surface area (Å²) in [5, 5.41) is 0.361. The number of hydrogen-bond acceptors (Lipinski definition) is 4. The third-order valence-electron chi connectivity index (χ3n) is 3.45. The molecule has 6 nitrogen and oxygen atoms in total. The van der Waals surface area contributed by atoms with Gasteiger partial charge in [-0.15, -0.1) is 0 Å². The average molecular weight is 389 g/mol. The Bertz CT molecular complexity index is 957. The first-order chi connectivity index (χ1) is 11.2. The van der Waals surface area contributed by atoms with Gasteiger partial charge in [-0.1, -0.05) is 29.8 Å². The van der Waals surface area contributed by atoms with Crippen molar-refractivity contribution in [2.45, 2.75) is 23.3 Å². The minimum absolute atomic E-state index is 0.0403. The fourth-order valence-corrected chi connectivity index (χ4v) is 4.39. The van der Waals surface area contributed by atoms with Gasteiger partial charge in [-0.3, -0.25) is 0 Å². The molecule has 0 aliphatic heterocycles. The van der Waals surface area contributed by atoms with Crippen molar-refractivity contribution in [1.82, 2.24) is 9.44 Å². The standard InChI is InChI=1S/C15H17ClN2O4S2/c1-11-14(16)7-4-8-15(11)24(21,22)18-10-12-5-3-6-13(9-12)23(19,20)17-2/h3-9,17-18H,10H2,1-2H3. The molecule has 2 aromatic rings. The van der Waals surface area contributed by atoms with Crippen LogP contribution in [0.5, 0.6) is 0 Å². The molecule has 0 saturated heterocycles. The van der Waals surface area contributed by atoms with Crippen LogP contribution in [-0.4, -0.2) is 23.9 Å². The average Bonchev–Trinajstić information content (AvgIpc) is 2.55. The molecule has 0 aliphatic carbocycles. The molecule has 0 saturated carbocycles. The van der Waals surface area contributed by atoms with E-state index in [9.17, 15) is 16.8 Å². The Morgan fingerprint density at radius 3 is 2.33 bits per heavy atom. The van der Waals surface area contributed by atoms with Gasteiger partial charge in [-0.05, 0) is 49.4 Å². The molecule has 0 amide bonds. The predicted octanol–water partition coefficient (Wildman–Crippen LogP) is 2.04. The summed E-state index contributed by atoms with van der Waals surface area (Å²) in [6.45, 7) is 1.58. The first-order valence-electron chi connectivity index (χ1n) is 6.94. The molecule has 24 heavy (non-hydrogen) atoms. The molecule has 0 aromatic heterocycles. The number of hydrogen-bond donors (Lipinski definition) is 2. The highest BCUT2D eigenvalue weighted by atomic mass is 35.5. The summed E-state index contributed by atoms with van der Waals surface area (Å²) in [5.41, 5.74) is 0.979. The number of sulfonamides is 2. The van der Waals surface area contributed by atoms with E-state index in [1.807, 2.05) is 0 Å². The molecule has 0 radical (unpaired) electrons. The van der Waals surface area contributed by atoms with Gasteiger partial charge in [0.15, 0.2) is 0 Å². The smallest absolute Gasteiger partial charge is 0.214 e. The van der Waals surface area contributed by atoms with Gasteiger partial charge in [-0.2, -0.15) is 0 Å². The van der Waals surface area contributed by atoms with E-state index in [0.29, 0.717) is 16.1 Å². The number of benzene rings is 2. The maximum atomic E-state index is 12.4. The van der Waals surface area contributed by atoms with E-state index in [1.165, 1.54) is 25.2 Å². The first-order valence-corrected chi connectivity index (χ1v) is 10.3. The second kappa shape index (κ2) is 7.20. The lowest BCUT2D eigenvalue weighted by atomic mass is 10.2. The number of nitrogens with one attached hydrogen (secondary N) is 2. The number of rotatable bonds is 6. The van der Waals surface area contributed by atoms with E-state index in [4.69, 9.17) is 11.6 Å². The van der Waals surface area contributed by atoms with Crippen LogP contribution in [0.3, 0.4) is 0 Å². The van der Waals surface area contributed by atoms with Gasteiger partial charge in [0.2, 0.25) is 20.0 Å². The van der Waals surface area contributed by atoms with Crippen molar-refractivity contribution in [3.63, 3.8) is 0 Å². The zero-order valence-electron chi connectivity index (χ0n) is 13.1. The predicted molar refractivity (Wildman–Crippen MR) is 92.9 cm³/mol. The Balaban J connectivity index is 2.25. The fourth-order valence-electron chi connectivity index (χ4n) is 2.08. The Morgan fingerprint density at radius 2 is 1.67 bits per heavy atom. The van der Waals surface area contributed by atoms with Crippen LogP contribution in [0.25, 0.3) is 0 Å². The van der Waals surface area contributed by atoms with Crippen molar-refractivity contribution in [1.29, 1.82) is 0 Å². The lowest BCUT2D eigenvalue weighted by molar-refractivity contribution is 0.580. The lowest BCUT2D eigenvalue weighted by Crippen LogP contribution is -2.24. The van der Waals surface area contributed by atoms with Crippen molar-refractivity contribution >= 4 is 31.6 Å². The van der Waals surface area contributed by atoms with Crippen molar-refractivity contribution in [3.8, 4) is 0 Å². The normalized spacial score (nSPS) is 12.3. The molecular weight excluding hydrogens is 372 g/mol. The van der Waals surface area contributed by atoms with Crippen molar-refractivity contribution in [2.75, 3.05) is 7.05 Å². The van der Waals surface area contributed by atoms with E-state index in [1.54, 1.807) is 31.2 Å². The highest BCUT2D eigenvalue weighted by Gasteiger charge is 2.18. The molecule has 130 valence electrons. The van der Waals surface area contributed by atoms with Crippen LogP contribution in [0, 0.1) is 6.92 Å². The van der Waals surface area contributed by atoms with E-state index < -0.39 is 20.0 Å². The zero-order valence-corrected chi connectivity index (χ0v) is 15.5. The quantitative estimate of drug-likeness (QED) is 0.791. The largest absolute Gasteiger partial charge is 0.241 e. The summed E-state index contributed by atoms with van der Waals surface area (Å²) < 4.78 is 53.1. The molecule has 0 unspecified atom stereocenters. The molecule has 0 fully saturated rings. The fraction of sp³-hybridized carbons (Fsp3) is 0.200. The van der Waals surface area contributed by atoms with E-state index in [2.05, 4.69) is 9.44 Å². The van der Waals surface area contributed by atoms with Crippen LogP contribution < -0.4 is 9.44 Å². The Labute approximate surface area is 147 Å². The summed E-state index contributed by atoms with van der Waals surface area (Å²) in [4.78, 5) is 0.162. The van der Waals surface area contributed by atoms with Crippen LogP contribution in [0.1, 0.15) is 11.1 Å². The van der Waals surface area contributed by atoms with Gasteiger partial charge in [0.25, 0.3) is 0 Å². The van der Waals surface area contributed by atoms with Crippen LogP contribution in [0.4, 0.5) is 0 Å². The van der Waals surface area contributed by atoms with Crippen molar-refractivity contribution < 1.29 is 16.8 Å². The number of halogens is 1. The molecule has 2 rings (SSSR count). The summed E-state index contributed by atoms with van der Waals surface area (Å²) in [6, 6.07) is 10.7. The summed E-state index contributed by atoms with van der Waals surface area (Å²) in [6.07, 6.45) is 0. The molecular formula is C15H17ClN2O4S2. The van der Waals surface area contributed by atoms with Crippen LogP contribution >= 0.6 is 11.6 Å². The molecule has 0 atom stereocenters. The molecule has 9 heteroatoms. The third-order valence-corrected chi connectivity index (χ3v) is 6.82. The van der Waals surface area contributed by atoms with Crippen molar-refractivity contribution in [2.24, 2.45) is 0 Å². The summed E-state index contributed by atoms with van der Waals surface area (Å²) >= 11 is 5.96. The summed E-state index contributed by atoms with van der Waals surface area (Å²) in [5.74, 6) is 0. The van der Waals surface area contributed by atoms with Gasteiger partial charge in [0.1, 0.15) is 0 Å². The van der Waals surface area contributed by atoms with Crippen LogP contribution in [-0.2, 0) is 26.6 Å². The van der Waals surface area contributed by atoms with Crippen molar-refractivity contribution in [3.05, 3.63) is 58.6 Å². The molecule has 0 aliphatic rings. The van der Waals surface area contributed by atoms with E-state index >= 15 is 0 Å². The Morgan fingerprint density at radius 1 is 1.00 bits per heavy atom. The molecule has 2 aromatic carbocycles. The lowest BCUT2D eigenvalue weighted by Gasteiger charge is -2.11.